The number of fused-ring (bicyclic) bond motifs is 3. The van der Waals surface area contributed by atoms with Crippen LogP contribution in [-0.2, 0) is 11.2 Å². The Hall–Kier alpha value is -2.52. The quantitative estimate of drug-likeness (QED) is 0.800. The summed E-state index contributed by atoms with van der Waals surface area (Å²) in [6.07, 6.45) is 0.531. The lowest BCUT2D eigenvalue weighted by Crippen LogP contribution is -2.57. The molecule has 0 spiro atoms. The van der Waals surface area contributed by atoms with Crippen molar-refractivity contribution in [3.63, 3.8) is 0 Å². The van der Waals surface area contributed by atoms with Gasteiger partial charge in [-0.05, 0) is 49.1 Å². The van der Waals surface area contributed by atoms with Crippen molar-refractivity contribution in [1.29, 1.82) is 5.26 Å². The number of hydrogen-bond acceptors (Lipinski definition) is 4. The third-order valence-electron chi connectivity index (χ3n) is 5.81. The maximum atomic E-state index is 12.7. The van der Waals surface area contributed by atoms with Crippen molar-refractivity contribution in [3.05, 3.63) is 53.7 Å². The number of halogens is 2. The van der Waals surface area contributed by atoms with Crippen LogP contribution >= 0.6 is 0 Å². The summed E-state index contributed by atoms with van der Waals surface area (Å²) in [5.74, 6) is 0. The molecule has 1 aromatic carbocycles. The van der Waals surface area contributed by atoms with Gasteiger partial charge in [-0.2, -0.15) is 5.26 Å². The zero-order chi connectivity index (χ0) is 19.9. The predicted octanol–water partition coefficient (Wildman–Crippen LogP) is 4.17. The molecule has 0 unspecified atom stereocenters. The minimum Gasteiger partial charge on any atom is -0.377 e. The Labute approximate surface area is 163 Å². The topological polar surface area (TPSA) is 49.2 Å². The Balaban J connectivity index is 1.77. The number of nitrogens with zero attached hydrogens (tertiary/aromatic N) is 3. The SMILES string of the molecule is Cc1ncc([CH]C(F)F)cc1-c1ccc2c(c1)N1CCOC[C@H]1[C@@](C)(C#N)C2. The molecule has 0 N–H and O–H groups in total. The van der Waals surface area contributed by atoms with Crippen LogP contribution in [0.1, 0.15) is 23.7 Å². The lowest BCUT2D eigenvalue weighted by atomic mass is 9.73. The highest BCUT2D eigenvalue weighted by molar-refractivity contribution is 5.74. The second kappa shape index (κ2) is 7.14. The van der Waals surface area contributed by atoms with Crippen molar-refractivity contribution in [2.75, 3.05) is 24.7 Å². The molecule has 6 heteroatoms. The predicted molar refractivity (Wildman–Crippen MR) is 103 cm³/mol. The van der Waals surface area contributed by atoms with E-state index in [1.54, 1.807) is 6.07 Å². The molecule has 0 amide bonds. The number of morpholine rings is 1. The van der Waals surface area contributed by atoms with Gasteiger partial charge in [-0.1, -0.05) is 12.1 Å². The van der Waals surface area contributed by atoms with E-state index in [0.717, 1.165) is 41.0 Å². The van der Waals surface area contributed by atoms with Gasteiger partial charge < -0.3 is 9.64 Å². The second-order valence-corrected chi connectivity index (χ2v) is 7.74. The van der Waals surface area contributed by atoms with Crippen molar-refractivity contribution >= 4 is 5.69 Å². The second-order valence-electron chi connectivity index (χ2n) is 7.74. The lowest BCUT2D eigenvalue weighted by Gasteiger charge is -2.49. The van der Waals surface area contributed by atoms with Crippen LogP contribution in [0.2, 0.25) is 0 Å². The number of rotatable bonds is 3. The highest BCUT2D eigenvalue weighted by atomic mass is 19.3. The van der Waals surface area contributed by atoms with Gasteiger partial charge in [-0.15, -0.1) is 0 Å². The Kier molecular flexibility index (Phi) is 4.80. The largest absolute Gasteiger partial charge is 0.377 e. The van der Waals surface area contributed by atoms with Crippen LogP contribution in [0.5, 0.6) is 0 Å². The van der Waals surface area contributed by atoms with Crippen LogP contribution < -0.4 is 4.90 Å². The Morgan fingerprint density at radius 2 is 2.21 bits per heavy atom. The molecule has 0 aliphatic carbocycles. The van der Waals surface area contributed by atoms with E-state index in [4.69, 9.17) is 4.74 Å². The first-order chi connectivity index (χ1) is 13.4. The molecule has 1 saturated heterocycles. The molecule has 0 saturated carbocycles. The summed E-state index contributed by atoms with van der Waals surface area (Å²) in [5.41, 5.74) is 4.72. The summed E-state index contributed by atoms with van der Waals surface area (Å²) in [7, 11) is 0. The molecule has 4 nitrogen and oxygen atoms in total. The summed E-state index contributed by atoms with van der Waals surface area (Å²) in [5, 5.41) is 9.78. The Morgan fingerprint density at radius 3 is 2.96 bits per heavy atom. The average molecular weight is 382 g/mol. The van der Waals surface area contributed by atoms with E-state index in [1.807, 2.05) is 19.9 Å². The molecule has 28 heavy (non-hydrogen) atoms. The van der Waals surface area contributed by atoms with E-state index >= 15 is 0 Å². The molecular formula is C22H22F2N3O. The fourth-order valence-corrected chi connectivity index (χ4v) is 4.27. The number of hydrogen-bond donors (Lipinski definition) is 0. The zero-order valence-corrected chi connectivity index (χ0v) is 16.0. The zero-order valence-electron chi connectivity index (χ0n) is 16.0. The number of aromatic nitrogens is 1. The Morgan fingerprint density at radius 1 is 1.39 bits per heavy atom. The van der Waals surface area contributed by atoms with E-state index in [1.165, 1.54) is 6.20 Å². The fourth-order valence-electron chi connectivity index (χ4n) is 4.27. The standard InChI is InChI=1S/C22H22F2N3O/c1-14-18(7-15(11-26-14)8-21(23)24)16-3-4-17-10-22(2,13-25)20-12-28-6-5-27(20)19(17)9-16/h3-4,7-9,11,20-21H,5-6,10,12H2,1-2H3/t20-,22+/m0/s1. The van der Waals surface area contributed by atoms with Crippen LogP contribution in [0.4, 0.5) is 14.5 Å². The summed E-state index contributed by atoms with van der Waals surface area (Å²) in [6.45, 7) is 5.77. The molecule has 1 radical (unpaired) electrons. The number of pyridine rings is 1. The van der Waals surface area contributed by atoms with Gasteiger partial charge in [0.2, 0.25) is 6.43 Å². The van der Waals surface area contributed by atoms with E-state index in [2.05, 4.69) is 28.1 Å². The van der Waals surface area contributed by atoms with Crippen LogP contribution in [-0.4, -0.2) is 37.2 Å². The fraction of sp³-hybridized carbons (Fsp3) is 0.409. The highest BCUT2D eigenvalue weighted by Gasteiger charge is 2.45. The molecule has 145 valence electrons. The molecule has 1 fully saturated rings. The first kappa shape index (κ1) is 18.8. The van der Waals surface area contributed by atoms with Crippen LogP contribution in [0.15, 0.2) is 30.5 Å². The lowest BCUT2D eigenvalue weighted by molar-refractivity contribution is 0.0599. The van der Waals surface area contributed by atoms with Gasteiger partial charge in [0.05, 0.1) is 37.2 Å². The molecular weight excluding hydrogens is 360 g/mol. The first-order valence-corrected chi connectivity index (χ1v) is 9.40. The van der Waals surface area contributed by atoms with E-state index in [0.29, 0.717) is 25.2 Å². The van der Waals surface area contributed by atoms with E-state index in [-0.39, 0.29) is 6.04 Å². The molecule has 3 heterocycles. The molecule has 2 aliphatic heterocycles. The number of alkyl halides is 2. The normalized spacial score (nSPS) is 23.9. The summed E-state index contributed by atoms with van der Waals surface area (Å²) >= 11 is 0. The van der Waals surface area contributed by atoms with Crippen molar-refractivity contribution < 1.29 is 13.5 Å². The molecule has 0 bridgehead atoms. The van der Waals surface area contributed by atoms with Gasteiger partial charge in [0.1, 0.15) is 0 Å². The van der Waals surface area contributed by atoms with E-state index in [9.17, 15) is 14.0 Å². The molecule has 2 atom stereocenters. The van der Waals surface area contributed by atoms with Crippen LogP contribution in [0, 0.1) is 30.1 Å². The van der Waals surface area contributed by atoms with Gasteiger partial charge in [-0.25, -0.2) is 8.78 Å². The molecule has 1 aromatic heterocycles. The third-order valence-corrected chi connectivity index (χ3v) is 5.81. The molecule has 2 aliphatic rings. The minimum absolute atomic E-state index is 0.00623. The van der Waals surface area contributed by atoms with Crippen molar-refractivity contribution in [1.82, 2.24) is 4.98 Å². The maximum Gasteiger partial charge on any atom is 0.246 e. The molecule has 4 rings (SSSR count). The minimum atomic E-state index is -2.52. The van der Waals surface area contributed by atoms with Gasteiger partial charge in [0.25, 0.3) is 0 Å². The maximum absolute atomic E-state index is 12.7. The van der Waals surface area contributed by atoms with Crippen molar-refractivity contribution in [2.24, 2.45) is 5.41 Å². The number of aryl methyl sites for hydroxylation is 1. The Bertz CT molecular complexity index is 940. The number of benzene rings is 1. The monoisotopic (exact) mass is 382 g/mol. The van der Waals surface area contributed by atoms with Gasteiger partial charge in [-0.3, -0.25) is 4.98 Å². The number of ether oxygens (including phenoxy) is 1. The number of anilines is 1. The first-order valence-electron chi connectivity index (χ1n) is 9.40. The van der Waals surface area contributed by atoms with E-state index < -0.39 is 11.8 Å². The summed E-state index contributed by atoms with van der Waals surface area (Å²) in [4.78, 5) is 6.57. The summed E-state index contributed by atoms with van der Waals surface area (Å²) < 4.78 is 31.1. The van der Waals surface area contributed by atoms with Crippen molar-refractivity contribution in [3.8, 4) is 17.2 Å². The summed E-state index contributed by atoms with van der Waals surface area (Å²) in [6, 6.07) is 10.4. The average Bonchev–Trinajstić information content (AvgIpc) is 2.69. The van der Waals surface area contributed by atoms with Crippen molar-refractivity contribution in [2.45, 2.75) is 32.7 Å². The smallest absolute Gasteiger partial charge is 0.246 e. The van der Waals surface area contributed by atoms with Gasteiger partial charge in [0, 0.05) is 29.7 Å². The van der Waals surface area contributed by atoms with Gasteiger partial charge in [0.15, 0.2) is 0 Å². The molecule has 2 aromatic rings. The third kappa shape index (κ3) is 3.24. The van der Waals surface area contributed by atoms with Gasteiger partial charge >= 0.3 is 0 Å². The number of nitriles is 1. The van der Waals surface area contributed by atoms with Crippen LogP contribution in [0.3, 0.4) is 0 Å². The van der Waals surface area contributed by atoms with Crippen LogP contribution in [0.25, 0.3) is 11.1 Å². The highest BCUT2D eigenvalue weighted by Crippen LogP contribution is 2.43.